The summed E-state index contributed by atoms with van der Waals surface area (Å²) in [6.07, 6.45) is 14.5. The zero-order chi connectivity index (χ0) is 20.6. The van der Waals surface area contributed by atoms with E-state index in [1.165, 1.54) is 57.8 Å². The quantitative estimate of drug-likeness (QED) is 0.261. The first-order chi connectivity index (χ1) is 14.3. The van der Waals surface area contributed by atoms with E-state index in [2.05, 4.69) is 24.4 Å². The van der Waals surface area contributed by atoms with Crippen LogP contribution in [0.4, 0.5) is 0 Å². The molecule has 164 valence electrons. The van der Waals surface area contributed by atoms with E-state index in [1.54, 1.807) is 0 Å². The SMILES string of the molecule is CCCCCCCCCCCSCCC(=O)OC1(c2ccccc2)CCNCC1. The summed E-state index contributed by atoms with van der Waals surface area (Å²) in [7, 11) is 0. The first kappa shape index (κ1) is 24.3. The van der Waals surface area contributed by atoms with Gasteiger partial charge in [0.25, 0.3) is 0 Å². The molecule has 0 amide bonds. The molecular weight excluding hydrogens is 378 g/mol. The second-order valence-corrected chi connectivity index (χ2v) is 9.50. The van der Waals surface area contributed by atoms with Gasteiger partial charge in [-0.3, -0.25) is 4.79 Å². The lowest BCUT2D eigenvalue weighted by atomic mass is 9.85. The summed E-state index contributed by atoms with van der Waals surface area (Å²) in [6, 6.07) is 10.3. The molecule has 29 heavy (non-hydrogen) atoms. The van der Waals surface area contributed by atoms with Crippen LogP contribution in [-0.4, -0.2) is 30.6 Å². The molecule has 4 heteroatoms. The Morgan fingerprint density at radius 3 is 2.21 bits per heavy atom. The van der Waals surface area contributed by atoms with Crippen molar-refractivity contribution in [2.75, 3.05) is 24.6 Å². The van der Waals surface area contributed by atoms with Gasteiger partial charge in [-0.15, -0.1) is 0 Å². The van der Waals surface area contributed by atoms with Gasteiger partial charge in [0, 0.05) is 18.6 Å². The van der Waals surface area contributed by atoms with Gasteiger partial charge in [-0.25, -0.2) is 0 Å². The van der Waals surface area contributed by atoms with Gasteiger partial charge >= 0.3 is 5.97 Å². The molecule has 1 N–H and O–H groups in total. The third kappa shape index (κ3) is 9.57. The number of hydrogen-bond acceptors (Lipinski definition) is 4. The average Bonchev–Trinajstić information content (AvgIpc) is 2.76. The van der Waals surface area contributed by atoms with E-state index in [1.807, 2.05) is 30.0 Å². The highest BCUT2D eigenvalue weighted by Crippen LogP contribution is 2.35. The van der Waals surface area contributed by atoms with Gasteiger partial charge in [0.1, 0.15) is 5.60 Å². The molecule has 1 fully saturated rings. The molecule has 1 heterocycles. The fourth-order valence-electron chi connectivity index (χ4n) is 4.06. The maximum Gasteiger partial charge on any atom is 0.307 e. The Hall–Kier alpha value is -1.00. The largest absolute Gasteiger partial charge is 0.454 e. The minimum Gasteiger partial charge on any atom is -0.454 e. The topological polar surface area (TPSA) is 38.3 Å². The lowest BCUT2D eigenvalue weighted by molar-refractivity contribution is -0.163. The molecular formula is C25H41NO2S. The Bertz CT molecular complexity index is 543. The number of carbonyl (C=O) groups is 1. The number of ether oxygens (including phenoxy) is 1. The Morgan fingerprint density at radius 2 is 1.55 bits per heavy atom. The molecule has 2 rings (SSSR count). The van der Waals surface area contributed by atoms with E-state index in [-0.39, 0.29) is 5.97 Å². The molecule has 0 unspecified atom stereocenters. The zero-order valence-electron chi connectivity index (χ0n) is 18.4. The smallest absolute Gasteiger partial charge is 0.307 e. The van der Waals surface area contributed by atoms with Crippen molar-refractivity contribution in [2.24, 2.45) is 0 Å². The highest BCUT2D eigenvalue weighted by molar-refractivity contribution is 7.99. The average molecular weight is 420 g/mol. The molecule has 1 aliphatic heterocycles. The fourth-order valence-corrected chi connectivity index (χ4v) is 4.99. The van der Waals surface area contributed by atoms with Crippen LogP contribution in [0, 0.1) is 0 Å². The van der Waals surface area contributed by atoms with Gasteiger partial charge in [-0.05, 0) is 30.8 Å². The van der Waals surface area contributed by atoms with Crippen molar-refractivity contribution in [3.8, 4) is 0 Å². The summed E-state index contributed by atoms with van der Waals surface area (Å²) in [5.74, 6) is 1.99. The maximum absolute atomic E-state index is 12.5. The van der Waals surface area contributed by atoms with Crippen LogP contribution >= 0.6 is 11.8 Å². The molecule has 0 atom stereocenters. The molecule has 1 saturated heterocycles. The number of nitrogens with one attached hydrogen (secondary N) is 1. The number of rotatable bonds is 15. The number of carbonyl (C=O) groups excluding carboxylic acids is 1. The Kier molecular flexibility index (Phi) is 12.5. The lowest BCUT2D eigenvalue weighted by Crippen LogP contribution is -2.43. The van der Waals surface area contributed by atoms with Crippen molar-refractivity contribution < 1.29 is 9.53 Å². The van der Waals surface area contributed by atoms with Crippen LogP contribution in [0.2, 0.25) is 0 Å². The van der Waals surface area contributed by atoms with Crippen molar-refractivity contribution >= 4 is 17.7 Å². The van der Waals surface area contributed by atoms with E-state index in [0.29, 0.717) is 6.42 Å². The molecule has 0 spiro atoms. The predicted molar refractivity (Wildman–Crippen MR) is 125 cm³/mol. The van der Waals surface area contributed by atoms with E-state index in [0.717, 1.165) is 43.0 Å². The van der Waals surface area contributed by atoms with Crippen LogP contribution in [0.25, 0.3) is 0 Å². The molecule has 3 nitrogen and oxygen atoms in total. The molecule has 1 aliphatic rings. The number of thioether (sulfide) groups is 1. The summed E-state index contributed by atoms with van der Waals surface area (Å²) in [6.45, 7) is 4.07. The Labute approximate surface area is 182 Å². The van der Waals surface area contributed by atoms with E-state index >= 15 is 0 Å². The predicted octanol–water partition coefficient (Wildman–Crippen LogP) is 6.46. The minimum atomic E-state index is -0.439. The third-order valence-electron chi connectivity index (χ3n) is 5.86. The molecule has 0 radical (unpaired) electrons. The number of esters is 1. The highest BCUT2D eigenvalue weighted by Gasteiger charge is 2.37. The van der Waals surface area contributed by atoms with Crippen LogP contribution in [0.15, 0.2) is 30.3 Å². The first-order valence-electron chi connectivity index (χ1n) is 11.8. The van der Waals surface area contributed by atoms with Crippen molar-refractivity contribution in [1.82, 2.24) is 5.32 Å². The molecule has 0 saturated carbocycles. The summed E-state index contributed by atoms with van der Waals surface area (Å²) in [5.41, 5.74) is 0.697. The fraction of sp³-hybridized carbons (Fsp3) is 0.720. The van der Waals surface area contributed by atoms with Gasteiger partial charge < -0.3 is 10.1 Å². The van der Waals surface area contributed by atoms with Crippen molar-refractivity contribution in [3.05, 3.63) is 35.9 Å². The van der Waals surface area contributed by atoms with Crippen LogP contribution in [0.3, 0.4) is 0 Å². The Balaban J connectivity index is 1.56. The minimum absolute atomic E-state index is 0.0460. The molecule has 0 aliphatic carbocycles. The number of unbranched alkanes of at least 4 members (excludes halogenated alkanes) is 8. The molecule has 1 aromatic carbocycles. The molecule has 1 aromatic rings. The summed E-state index contributed by atoms with van der Waals surface area (Å²) in [5, 5.41) is 3.38. The zero-order valence-corrected chi connectivity index (χ0v) is 19.2. The number of hydrogen-bond donors (Lipinski definition) is 1. The second kappa shape index (κ2) is 14.9. The lowest BCUT2D eigenvalue weighted by Gasteiger charge is -2.37. The summed E-state index contributed by atoms with van der Waals surface area (Å²) < 4.78 is 6.07. The van der Waals surface area contributed by atoms with Crippen molar-refractivity contribution in [3.63, 3.8) is 0 Å². The summed E-state index contributed by atoms with van der Waals surface area (Å²) >= 11 is 1.90. The molecule has 0 aromatic heterocycles. The van der Waals surface area contributed by atoms with Gasteiger partial charge in [0.05, 0.1) is 6.42 Å². The standard InChI is InChI=1S/C25H41NO2S/c1-2-3-4-5-6-7-8-9-13-21-29-22-16-24(27)28-25(17-19-26-20-18-25)23-14-11-10-12-15-23/h10-12,14-15,26H,2-9,13,16-22H2,1H3. The van der Waals surface area contributed by atoms with Crippen LogP contribution in [0.5, 0.6) is 0 Å². The maximum atomic E-state index is 12.5. The molecule has 0 bridgehead atoms. The van der Waals surface area contributed by atoms with Crippen LogP contribution in [-0.2, 0) is 15.1 Å². The Morgan fingerprint density at radius 1 is 0.931 bits per heavy atom. The van der Waals surface area contributed by atoms with Gasteiger partial charge in [-0.1, -0.05) is 88.6 Å². The second-order valence-electron chi connectivity index (χ2n) is 8.28. The van der Waals surface area contributed by atoms with Crippen molar-refractivity contribution in [2.45, 2.75) is 89.6 Å². The third-order valence-corrected chi connectivity index (χ3v) is 6.93. The van der Waals surface area contributed by atoms with E-state index in [4.69, 9.17) is 4.74 Å². The monoisotopic (exact) mass is 419 g/mol. The first-order valence-corrected chi connectivity index (χ1v) is 13.0. The van der Waals surface area contributed by atoms with Crippen LogP contribution in [0.1, 0.15) is 89.5 Å². The van der Waals surface area contributed by atoms with Crippen LogP contribution < -0.4 is 5.32 Å². The number of piperidine rings is 1. The normalized spacial score (nSPS) is 15.9. The number of benzene rings is 1. The highest BCUT2D eigenvalue weighted by atomic mass is 32.2. The van der Waals surface area contributed by atoms with Crippen molar-refractivity contribution in [1.29, 1.82) is 0 Å². The van der Waals surface area contributed by atoms with Gasteiger partial charge in [0.15, 0.2) is 0 Å². The summed E-state index contributed by atoms with van der Waals surface area (Å²) in [4.78, 5) is 12.5. The van der Waals surface area contributed by atoms with E-state index in [9.17, 15) is 4.79 Å². The van der Waals surface area contributed by atoms with Gasteiger partial charge in [0.2, 0.25) is 0 Å². The van der Waals surface area contributed by atoms with E-state index < -0.39 is 5.60 Å². The van der Waals surface area contributed by atoms with Gasteiger partial charge in [-0.2, -0.15) is 11.8 Å².